The summed E-state index contributed by atoms with van der Waals surface area (Å²) in [5.41, 5.74) is 0.841. The molecule has 0 radical (unpaired) electrons. The zero-order chi connectivity index (χ0) is 13.4. The Bertz CT molecular complexity index is 470. The molecular formula is C15H21BrN2O. The van der Waals surface area contributed by atoms with E-state index in [1.807, 2.05) is 12.3 Å². The van der Waals surface area contributed by atoms with E-state index in [-0.39, 0.29) is 5.91 Å². The van der Waals surface area contributed by atoms with Crippen LogP contribution in [0.3, 0.4) is 0 Å². The molecule has 2 aliphatic rings. The van der Waals surface area contributed by atoms with Gasteiger partial charge in [-0.1, -0.05) is 13.3 Å². The minimum absolute atomic E-state index is 0.216. The van der Waals surface area contributed by atoms with E-state index in [0.717, 1.165) is 48.1 Å². The summed E-state index contributed by atoms with van der Waals surface area (Å²) in [6.45, 7) is 4.99. The minimum atomic E-state index is 0.216. The summed E-state index contributed by atoms with van der Waals surface area (Å²) in [4.78, 5) is 14.7. The molecule has 104 valence electrons. The van der Waals surface area contributed by atoms with Crippen molar-refractivity contribution < 1.29 is 4.79 Å². The fourth-order valence-corrected chi connectivity index (χ4v) is 4.11. The molecule has 2 unspecified atom stereocenters. The van der Waals surface area contributed by atoms with Crippen LogP contribution in [0.15, 0.2) is 16.7 Å². The normalized spacial score (nSPS) is 25.9. The average molecular weight is 325 g/mol. The molecule has 1 amide bonds. The number of halogens is 1. The first kappa shape index (κ1) is 13.2. The molecule has 2 heterocycles. The van der Waals surface area contributed by atoms with Crippen molar-refractivity contribution in [3.8, 4) is 0 Å². The van der Waals surface area contributed by atoms with E-state index in [0.29, 0.717) is 0 Å². The highest BCUT2D eigenvalue weighted by Gasteiger charge is 2.38. The molecule has 3 nitrogen and oxygen atoms in total. The lowest BCUT2D eigenvalue weighted by Crippen LogP contribution is -2.31. The third kappa shape index (κ3) is 2.47. The first-order valence-electron chi connectivity index (χ1n) is 7.34. The van der Waals surface area contributed by atoms with Crippen LogP contribution in [0.4, 0.5) is 0 Å². The number of hydrogen-bond donors (Lipinski definition) is 0. The Balaban J connectivity index is 1.77. The Labute approximate surface area is 123 Å². The highest BCUT2D eigenvalue weighted by atomic mass is 79.9. The van der Waals surface area contributed by atoms with Gasteiger partial charge in [0.05, 0.1) is 0 Å². The predicted octanol–water partition coefficient (Wildman–Crippen LogP) is 3.53. The van der Waals surface area contributed by atoms with Crippen LogP contribution in [-0.4, -0.2) is 28.5 Å². The van der Waals surface area contributed by atoms with Gasteiger partial charge in [0.1, 0.15) is 5.69 Å². The Kier molecular flexibility index (Phi) is 3.70. The number of rotatable bonds is 3. The van der Waals surface area contributed by atoms with E-state index in [2.05, 4.69) is 32.3 Å². The largest absolute Gasteiger partial charge is 0.342 e. The Morgan fingerprint density at radius 3 is 2.68 bits per heavy atom. The van der Waals surface area contributed by atoms with E-state index in [1.165, 1.54) is 19.3 Å². The maximum Gasteiger partial charge on any atom is 0.270 e. The van der Waals surface area contributed by atoms with Crippen LogP contribution in [-0.2, 0) is 6.54 Å². The van der Waals surface area contributed by atoms with Gasteiger partial charge < -0.3 is 9.47 Å². The Morgan fingerprint density at radius 1 is 1.37 bits per heavy atom. The summed E-state index contributed by atoms with van der Waals surface area (Å²) in [6, 6.07) is 1.96. The number of likely N-dealkylation sites (tertiary alicyclic amines) is 1. The van der Waals surface area contributed by atoms with Gasteiger partial charge in [0, 0.05) is 30.3 Å². The Hall–Kier alpha value is -0.770. The molecule has 1 saturated heterocycles. The number of carbonyl (C=O) groups is 1. The molecular weight excluding hydrogens is 304 g/mol. The van der Waals surface area contributed by atoms with Crippen LogP contribution >= 0.6 is 15.9 Å². The molecule has 1 aromatic rings. The molecule has 1 aliphatic heterocycles. The molecule has 4 heteroatoms. The van der Waals surface area contributed by atoms with E-state index in [1.54, 1.807) is 0 Å². The molecule has 19 heavy (non-hydrogen) atoms. The van der Waals surface area contributed by atoms with Crippen molar-refractivity contribution in [2.75, 3.05) is 13.1 Å². The minimum Gasteiger partial charge on any atom is -0.342 e. The van der Waals surface area contributed by atoms with Gasteiger partial charge in [-0.2, -0.15) is 0 Å². The van der Waals surface area contributed by atoms with Crippen molar-refractivity contribution in [1.82, 2.24) is 9.47 Å². The second-order valence-corrected chi connectivity index (χ2v) is 6.81. The summed E-state index contributed by atoms with van der Waals surface area (Å²) in [5.74, 6) is 1.75. The lowest BCUT2D eigenvalue weighted by molar-refractivity contribution is 0.0769. The van der Waals surface area contributed by atoms with E-state index < -0.39 is 0 Å². The van der Waals surface area contributed by atoms with Gasteiger partial charge in [0.2, 0.25) is 0 Å². The molecule has 1 aromatic heterocycles. The SMILES string of the molecule is CCCn1cc(Br)cc1C(=O)N1CC2CCCC2C1. The summed E-state index contributed by atoms with van der Waals surface area (Å²) < 4.78 is 3.09. The van der Waals surface area contributed by atoms with Crippen molar-refractivity contribution in [1.29, 1.82) is 0 Å². The first-order chi connectivity index (χ1) is 9.19. The summed E-state index contributed by atoms with van der Waals surface area (Å²) >= 11 is 3.49. The molecule has 0 spiro atoms. The maximum atomic E-state index is 12.7. The zero-order valence-electron chi connectivity index (χ0n) is 11.4. The van der Waals surface area contributed by atoms with Crippen LogP contribution in [0.5, 0.6) is 0 Å². The number of nitrogens with zero attached hydrogens (tertiary/aromatic N) is 2. The number of aryl methyl sites for hydroxylation is 1. The van der Waals surface area contributed by atoms with Crippen LogP contribution in [0.2, 0.25) is 0 Å². The zero-order valence-corrected chi connectivity index (χ0v) is 13.0. The number of aromatic nitrogens is 1. The molecule has 0 bridgehead atoms. The molecule has 2 fully saturated rings. The van der Waals surface area contributed by atoms with E-state index >= 15 is 0 Å². The number of hydrogen-bond acceptors (Lipinski definition) is 1. The summed E-state index contributed by atoms with van der Waals surface area (Å²) in [5, 5.41) is 0. The summed E-state index contributed by atoms with van der Waals surface area (Å²) in [6.07, 6.45) is 7.05. The van der Waals surface area contributed by atoms with Gasteiger partial charge in [-0.05, 0) is 53.1 Å². The quantitative estimate of drug-likeness (QED) is 0.834. The van der Waals surface area contributed by atoms with E-state index in [9.17, 15) is 4.79 Å². The third-order valence-corrected chi connectivity index (χ3v) is 4.99. The number of carbonyl (C=O) groups excluding carboxylic acids is 1. The highest BCUT2D eigenvalue weighted by molar-refractivity contribution is 9.10. The van der Waals surface area contributed by atoms with Gasteiger partial charge in [0.25, 0.3) is 5.91 Å². The van der Waals surface area contributed by atoms with Gasteiger partial charge in [-0.15, -0.1) is 0 Å². The van der Waals surface area contributed by atoms with Crippen LogP contribution < -0.4 is 0 Å². The van der Waals surface area contributed by atoms with Crippen molar-refractivity contribution in [3.63, 3.8) is 0 Å². The first-order valence-corrected chi connectivity index (χ1v) is 8.13. The fourth-order valence-electron chi connectivity index (χ4n) is 3.64. The molecule has 2 atom stereocenters. The van der Waals surface area contributed by atoms with Crippen LogP contribution in [0.1, 0.15) is 43.1 Å². The monoisotopic (exact) mass is 324 g/mol. The van der Waals surface area contributed by atoms with Crippen LogP contribution in [0, 0.1) is 11.8 Å². The molecule has 0 N–H and O–H groups in total. The van der Waals surface area contributed by atoms with Crippen molar-refractivity contribution in [3.05, 3.63) is 22.4 Å². The average Bonchev–Trinajstić information content (AvgIpc) is 3.02. The second kappa shape index (κ2) is 5.31. The van der Waals surface area contributed by atoms with Crippen LogP contribution in [0.25, 0.3) is 0 Å². The number of fused-ring (bicyclic) bond motifs is 1. The van der Waals surface area contributed by atoms with Crippen molar-refractivity contribution in [2.45, 2.75) is 39.2 Å². The fraction of sp³-hybridized carbons (Fsp3) is 0.667. The summed E-state index contributed by atoms with van der Waals surface area (Å²) in [7, 11) is 0. The van der Waals surface area contributed by atoms with Gasteiger partial charge >= 0.3 is 0 Å². The van der Waals surface area contributed by atoms with Gasteiger partial charge in [-0.25, -0.2) is 0 Å². The topological polar surface area (TPSA) is 25.2 Å². The molecule has 0 aromatic carbocycles. The lowest BCUT2D eigenvalue weighted by atomic mass is 10.0. The second-order valence-electron chi connectivity index (χ2n) is 5.90. The molecule has 1 saturated carbocycles. The van der Waals surface area contributed by atoms with Crippen molar-refractivity contribution in [2.24, 2.45) is 11.8 Å². The number of amides is 1. The maximum absolute atomic E-state index is 12.7. The van der Waals surface area contributed by atoms with Crippen molar-refractivity contribution >= 4 is 21.8 Å². The Morgan fingerprint density at radius 2 is 2.05 bits per heavy atom. The lowest BCUT2D eigenvalue weighted by Gasteiger charge is -2.18. The van der Waals surface area contributed by atoms with Gasteiger partial charge in [-0.3, -0.25) is 4.79 Å². The molecule has 1 aliphatic carbocycles. The highest BCUT2D eigenvalue weighted by Crippen LogP contribution is 2.38. The predicted molar refractivity (Wildman–Crippen MR) is 79.2 cm³/mol. The third-order valence-electron chi connectivity index (χ3n) is 4.56. The van der Waals surface area contributed by atoms with Gasteiger partial charge in [0.15, 0.2) is 0 Å². The standard InChI is InChI=1S/C15H21BrN2O/c1-2-6-17-10-13(16)7-14(17)15(19)18-8-11-4-3-5-12(11)9-18/h7,10-12H,2-6,8-9H2,1H3. The van der Waals surface area contributed by atoms with E-state index in [4.69, 9.17) is 0 Å². The molecule has 3 rings (SSSR count). The smallest absolute Gasteiger partial charge is 0.270 e.